The van der Waals surface area contributed by atoms with Crippen LogP contribution in [-0.4, -0.2) is 5.91 Å². The summed E-state index contributed by atoms with van der Waals surface area (Å²) in [5.41, 5.74) is 1.08. The van der Waals surface area contributed by atoms with E-state index in [0.29, 0.717) is 10.2 Å². The zero-order chi connectivity index (χ0) is 8.72. The monoisotopic (exact) mass is 229 g/mol. The Labute approximate surface area is 77.0 Å². The first kappa shape index (κ1) is 7.73. The fourth-order valence-corrected chi connectivity index (χ4v) is 1.84. The fourth-order valence-electron chi connectivity index (χ4n) is 1.28. The SMILES string of the molecule is O=C1Cc2cccc(Br)c2N1F. The minimum atomic E-state index is -0.503. The molecule has 0 radical (unpaired) electrons. The minimum Gasteiger partial charge on any atom is -0.272 e. The number of fused-ring (bicyclic) bond motifs is 1. The third-order valence-electron chi connectivity index (χ3n) is 1.83. The number of rotatable bonds is 0. The van der Waals surface area contributed by atoms with Gasteiger partial charge in [-0.1, -0.05) is 16.6 Å². The highest BCUT2D eigenvalue weighted by Crippen LogP contribution is 2.35. The van der Waals surface area contributed by atoms with E-state index in [-0.39, 0.29) is 11.5 Å². The number of halogens is 2. The average Bonchev–Trinajstić information content (AvgIpc) is 2.29. The Kier molecular flexibility index (Phi) is 1.65. The van der Waals surface area contributed by atoms with Crippen LogP contribution in [0.3, 0.4) is 0 Å². The molecule has 1 aromatic rings. The molecule has 0 unspecified atom stereocenters. The molecule has 4 heteroatoms. The van der Waals surface area contributed by atoms with Gasteiger partial charge in [0.15, 0.2) is 0 Å². The van der Waals surface area contributed by atoms with Crippen molar-refractivity contribution in [2.24, 2.45) is 0 Å². The van der Waals surface area contributed by atoms with Crippen LogP contribution in [0.2, 0.25) is 0 Å². The van der Waals surface area contributed by atoms with Gasteiger partial charge >= 0.3 is 0 Å². The van der Waals surface area contributed by atoms with Crippen LogP contribution in [0.1, 0.15) is 5.56 Å². The lowest BCUT2D eigenvalue weighted by atomic mass is 10.2. The summed E-state index contributed by atoms with van der Waals surface area (Å²) in [4.78, 5) is 10.9. The van der Waals surface area contributed by atoms with E-state index in [0.717, 1.165) is 5.56 Å². The summed E-state index contributed by atoms with van der Waals surface area (Å²) < 4.78 is 13.6. The molecule has 0 bridgehead atoms. The van der Waals surface area contributed by atoms with E-state index in [1.165, 1.54) is 0 Å². The van der Waals surface area contributed by atoms with Crippen molar-refractivity contribution < 1.29 is 9.28 Å². The Balaban J connectivity index is 2.62. The van der Waals surface area contributed by atoms with E-state index in [1.807, 2.05) is 0 Å². The fraction of sp³-hybridized carbons (Fsp3) is 0.125. The maximum Gasteiger partial charge on any atom is 0.259 e. The normalized spacial score (nSPS) is 15.2. The van der Waals surface area contributed by atoms with Crippen molar-refractivity contribution in [1.29, 1.82) is 0 Å². The van der Waals surface area contributed by atoms with Crippen molar-refractivity contribution in [3.63, 3.8) is 0 Å². The smallest absolute Gasteiger partial charge is 0.259 e. The second-order valence-electron chi connectivity index (χ2n) is 2.60. The van der Waals surface area contributed by atoms with Gasteiger partial charge in [0.1, 0.15) is 0 Å². The van der Waals surface area contributed by atoms with Gasteiger partial charge in [0.25, 0.3) is 5.91 Å². The van der Waals surface area contributed by atoms with Crippen LogP contribution in [0.25, 0.3) is 0 Å². The summed E-state index contributed by atoms with van der Waals surface area (Å²) in [5, 5.41) is 0.194. The van der Waals surface area contributed by atoms with E-state index in [9.17, 15) is 9.28 Å². The Morgan fingerprint density at radius 1 is 1.50 bits per heavy atom. The van der Waals surface area contributed by atoms with E-state index >= 15 is 0 Å². The summed E-state index contributed by atoms with van der Waals surface area (Å²) in [7, 11) is 0. The molecule has 1 amide bonds. The number of hydrogen-bond acceptors (Lipinski definition) is 1. The molecule has 0 aromatic heterocycles. The first-order chi connectivity index (χ1) is 5.70. The summed E-state index contributed by atoms with van der Waals surface area (Å²) in [5.74, 6) is -0.503. The van der Waals surface area contributed by atoms with Gasteiger partial charge in [-0.15, -0.1) is 5.12 Å². The van der Waals surface area contributed by atoms with Gasteiger partial charge in [0.05, 0.1) is 12.1 Å². The molecule has 0 atom stereocenters. The minimum absolute atomic E-state index is 0.158. The number of para-hydroxylation sites is 1. The van der Waals surface area contributed by atoms with Crippen LogP contribution in [-0.2, 0) is 11.2 Å². The lowest BCUT2D eigenvalue weighted by Gasteiger charge is -2.05. The van der Waals surface area contributed by atoms with Crippen LogP contribution in [0, 0.1) is 0 Å². The lowest BCUT2D eigenvalue weighted by molar-refractivity contribution is -0.119. The maximum absolute atomic E-state index is 13.0. The predicted octanol–water partition coefficient (Wildman–Crippen LogP) is 2.22. The molecule has 2 rings (SSSR count). The standard InChI is InChI=1S/C8H5BrFNO/c9-6-3-1-2-5-4-7(12)11(10)8(5)6/h1-3H,4H2. The molecule has 1 heterocycles. The first-order valence-electron chi connectivity index (χ1n) is 3.46. The van der Waals surface area contributed by atoms with E-state index in [4.69, 9.17) is 0 Å². The number of benzene rings is 1. The van der Waals surface area contributed by atoms with Gasteiger partial charge in [0, 0.05) is 4.47 Å². The second-order valence-corrected chi connectivity index (χ2v) is 3.45. The van der Waals surface area contributed by atoms with Crippen LogP contribution in [0.4, 0.5) is 10.2 Å². The van der Waals surface area contributed by atoms with Crippen LogP contribution < -0.4 is 5.12 Å². The highest BCUT2D eigenvalue weighted by atomic mass is 79.9. The van der Waals surface area contributed by atoms with Gasteiger partial charge < -0.3 is 0 Å². The summed E-state index contributed by atoms with van der Waals surface area (Å²) in [6.45, 7) is 0. The Bertz CT molecular complexity index is 353. The number of anilines is 1. The molecule has 0 aliphatic carbocycles. The van der Waals surface area contributed by atoms with Gasteiger partial charge in [-0.05, 0) is 27.6 Å². The second kappa shape index (κ2) is 2.55. The van der Waals surface area contributed by atoms with Gasteiger partial charge in [-0.2, -0.15) is 0 Å². The summed E-state index contributed by atoms with van der Waals surface area (Å²) >= 11 is 3.18. The predicted molar refractivity (Wildman–Crippen MR) is 46.4 cm³/mol. The molecule has 0 spiro atoms. The zero-order valence-electron chi connectivity index (χ0n) is 6.05. The van der Waals surface area contributed by atoms with Gasteiger partial charge in [0.2, 0.25) is 0 Å². The summed E-state index contributed by atoms with van der Waals surface area (Å²) in [6, 6.07) is 5.25. The molecule has 62 valence electrons. The molecular formula is C8H5BrFNO. The zero-order valence-corrected chi connectivity index (χ0v) is 7.64. The van der Waals surface area contributed by atoms with Crippen molar-refractivity contribution in [1.82, 2.24) is 0 Å². The largest absolute Gasteiger partial charge is 0.272 e. The number of nitrogens with zero attached hydrogens (tertiary/aromatic N) is 1. The molecule has 1 aliphatic heterocycles. The van der Waals surface area contributed by atoms with E-state index < -0.39 is 5.91 Å². The van der Waals surface area contributed by atoms with Crippen molar-refractivity contribution in [2.45, 2.75) is 6.42 Å². The lowest BCUT2D eigenvalue weighted by Crippen LogP contribution is -2.15. The molecule has 2 nitrogen and oxygen atoms in total. The number of carbonyl (C=O) groups excluding carboxylic acids is 1. The van der Waals surface area contributed by atoms with Crippen molar-refractivity contribution in [3.05, 3.63) is 28.2 Å². The highest BCUT2D eigenvalue weighted by Gasteiger charge is 2.29. The third kappa shape index (κ3) is 0.948. The summed E-state index contributed by atoms with van der Waals surface area (Å²) in [6.07, 6.45) is 0.158. The van der Waals surface area contributed by atoms with Crippen molar-refractivity contribution in [3.8, 4) is 0 Å². The number of carbonyl (C=O) groups is 1. The molecule has 0 saturated heterocycles. The topological polar surface area (TPSA) is 20.3 Å². The molecule has 0 saturated carbocycles. The molecule has 0 fully saturated rings. The third-order valence-corrected chi connectivity index (χ3v) is 2.47. The van der Waals surface area contributed by atoms with Gasteiger partial charge in [-0.3, -0.25) is 4.79 Å². The Morgan fingerprint density at radius 3 is 2.92 bits per heavy atom. The molecular weight excluding hydrogens is 225 g/mol. The molecule has 12 heavy (non-hydrogen) atoms. The molecule has 1 aliphatic rings. The first-order valence-corrected chi connectivity index (χ1v) is 4.25. The van der Waals surface area contributed by atoms with Gasteiger partial charge in [-0.25, -0.2) is 0 Å². The highest BCUT2D eigenvalue weighted by molar-refractivity contribution is 9.10. The maximum atomic E-state index is 13.0. The van der Waals surface area contributed by atoms with Crippen molar-refractivity contribution >= 4 is 27.5 Å². The Hall–Kier alpha value is -0.900. The van der Waals surface area contributed by atoms with E-state index in [2.05, 4.69) is 15.9 Å². The van der Waals surface area contributed by atoms with Crippen molar-refractivity contribution in [2.75, 3.05) is 5.12 Å². The molecule has 1 aromatic carbocycles. The van der Waals surface area contributed by atoms with Crippen LogP contribution >= 0.6 is 15.9 Å². The Morgan fingerprint density at radius 2 is 2.25 bits per heavy atom. The van der Waals surface area contributed by atoms with Crippen LogP contribution in [0.5, 0.6) is 0 Å². The van der Waals surface area contributed by atoms with E-state index in [1.54, 1.807) is 18.2 Å². The quantitative estimate of drug-likeness (QED) is 0.625. The number of amides is 1. The number of hydrogen-bond donors (Lipinski definition) is 0. The molecule has 0 N–H and O–H groups in total. The van der Waals surface area contributed by atoms with Crippen LogP contribution in [0.15, 0.2) is 22.7 Å². The average molecular weight is 230 g/mol.